The molecule has 0 saturated carbocycles. The first-order valence-corrected chi connectivity index (χ1v) is 7.76. The third-order valence-electron chi connectivity index (χ3n) is 3.33. The van der Waals surface area contributed by atoms with Gasteiger partial charge in [0.15, 0.2) is 0 Å². The lowest BCUT2D eigenvalue weighted by molar-refractivity contribution is 0.104. The second kappa shape index (κ2) is 7.17. The molecule has 3 heteroatoms. The normalized spacial score (nSPS) is 21.1. The summed E-state index contributed by atoms with van der Waals surface area (Å²) in [5, 5.41) is 9.43. The Morgan fingerprint density at radius 2 is 2.17 bits per heavy atom. The van der Waals surface area contributed by atoms with Crippen LogP contribution in [0.3, 0.4) is 0 Å². The number of hydrogen-bond donors (Lipinski definition) is 1. The molecule has 1 aliphatic heterocycles. The van der Waals surface area contributed by atoms with Gasteiger partial charge in [0.05, 0.1) is 12.2 Å². The first-order valence-electron chi connectivity index (χ1n) is 6.78. The van der Waals surface area contributed by atoms with Gasteiger partial charge in [0.2, 0.25) is 0 Å². The average Bonchev–Trinajstić information content (AvgIpc) is 2.88. The molecule has 1 aromatic carbocycles. The Hall–Kier alpha value is -0.510. The van der Waals surface area contributed by atoms with Crippen molar-refractivity contribution in [3.05, 3.63) is 29.8 Å². The van der Waals surface area contributed by atoms with Crippen LogP contribution in [0, 0.1) is 0 Å². The summed E-state index contributed by atoms with van der Waals surface area (Å²) in [5.74, 6) is 1.15. The van der Waals surface area contributed by atoms with Crippen LogP contribution in [0.4, 0.5) is 0 Å². The van der Waals surface area contributed by atoms with E-state index in [0.717, 1.165) is 17.9 Å². The zero-order chi connectivity index (χ0) is 12.8. The highest BCUT2D eigenvalue weighted by atomic mass is 32.2. The van der Waals surface area contributed by atoms with Gasteiger partial charge in [0, 0.05) is 11.5 Å². The fourth-order valence-electron chi connectivity index (χ4n) is 2.22. The molecule has 0 spiro atoms. The summed E-state index contributed by atoms with van der Waals surface area (Å²) < 4.78 is 5.61. The Labute approximate surface area is 114 Å². The van der Waals surface area contributed by atoms with Crippen LogP contribution in [0.15, 0.2) is 29.2 Å². The van der Waals surface area contributed by atoms with Gasteiger partial charge in [-0.25, -0.2) is 0 Å². The molecule has 1 fully saturated rings. The molecular formula is C15H22O2S. The third-order valence-corrected chi connectivity index (χ3v) is 4.42. The molecule has 1 aromatic rings. The smallest absolute Gasteiger partial charge is 0.0761 e. The van der Waals surface area contributed by atoms with E-state index in [-0.39, 0.29) is 6.10 Å². The molecule has 0 aliphatic carbocycles. The molecule has 2 atom stereocenters. The van der Waals surface area contributed by atoms with Gasteiger partial charge in [0.1, 0.15) is 0 Å². The van der Waals surface area contributed by atoms with Gasteiger partial charge in [-0.15, -0.1) is 11.8 Å². The predicted octanol–water partition coefficient (Wildman–Crippen LogP) is 3.79. The van der Waals surface area contributed by atoms with Crippen LogP contribution in [0.25, 0.3) is 0 Å². The van der Waals surface area contributed by atoms with Crippen molar-refractivity contribution in [3.63, 3.8) is 0 Å². The van der Waals surface area contributed by atoms with Gasteiger partial charge >= 0.3 is 0 Å². The second-order valence-electron chi connectivity index (χ2n) is 4.87. The molecule has 2 rings (SSSR count). The highest BCUT2D eigenvalue weighted by Crippen LogP contribution is 2.23. The van der Waals surface area contributed by atoms with Crippen LogP contribution in [-0.2, 0) is 4.74 Å². The van der Waals surface area contributed by atoms with Gasteiger partial charge in [-0.1, -0.05) is 12.1 Å². The maximum atomic E-state index is 9.43. The van der Waals surface area contributed by atoms with Gasteiger partial charge in [-0.05, 0) is 56.1 Å². The highest BCUT2D eigenvalue weighted by molar-refractivity contribution is 7.99. The van der Waals surface area contributed by atoms with E-state index in [1.54, 1.807) is 6.92 Å². The minimum Gasteiger partial charge on any atom is -0.389 e. The summed E-state index contributed by atoms with van der Waals surface area (Å²) in [7, 11) is 0. The van der Waals surface area contributed by atoms with Crippen LogP contribution in [-0.4, -0.2) is 23.6 Å². The summed E-state index contributed by atoms with van der Waals surface area (Å²) in [6.45, 7) is 2.75. The van der Waals surface area contributed by atoms with E-state index in [1.807, 2.05) is 23.9 Å². The quantitative estimate of drug-likeness (QED) is 0.627. The van der Waals surface area contributed by atoms with Crippen molar-refractivity contribution in [2.24, 2.45) is 0 Å². The van der Waals surface area contributed by atoms with Crippen molar-refractivity contribution in [1.82, 2.24) is 0 Å². The molecule has 0 aromatic heterocycles. The molecular weight excluding hydrogens is 244 g/mol. The number of benzene rings is 1. The predicted molar refractivity (Wildman–Crippen MR) is 76.0 cm³/mol. The van der Waals surface area contributed by atoms with Crippen molar-refractivity contribution < 1.29 is 9.84 Å². The van der Waals surface area contributed by atoms with E-state index < -0.39 is 0 Å². The molecule has 2 nitrogen and oxygen atoms in total. The monoisotopic (exact) mass is 266 g/mol. The van der Waals surface area contributed by atoms with Gasteiger partial charge in [0.25, 0.3) is 0 Å². The summed E-state index contributed by atoms with van der Waals surface area (Å²) in [6.07, 6.45) is 5.03. The number of hydrogen-bond acceptors (Lipinski definition) is 3. The second-order valence-corrected chi connectivity index (χ2v) is 6.04. The first-order chi connectivity index (χ1) is 8.75. The van der Waals surface area contributed by atoms with Crippen LogP contribution >= 0.6 is 11.8 Å². The number of aliphatic hydroxyl groups is 1. The SMILES string of the molecule is CC(O)c1ccc(SCCCC2CCCO2)cc1. The lowest BCUT2D eigenvalue weighted by Gasteiger charge is -2.09. The average molecular weight is 266 g/mol. The molecule has 1 heterocycles. The lowest BCUT2D eigenvalue weighted by atomic mass is 10.1. The minimum absolute atomic E-state index is 0.372. The van der Waals surface area contributed by atoms with Crippen LogP contribution in [0.2, 0.25) is 0 Å². The van der Waals surface area contributed by atoms with Crippen molar-refractivity contribution in [2.45, 2.75) is 49.7 Å². The van der Waals surface area contributed by atoms with E-state index in [1.165, 1.54) is 30.6 Å². The molecule has 100 valence electrons. The van der Waals surface area contributed by atoms with E-state index in [0.29, 0.717) is 6.10 Å². The minimum atomic E-state index is -0.372. The standard InChI is InChI=1S/C15H22O2S/c1-12(16)13-6-8-15(9-7-13)18-11-3-5-14-4-2-10-17-14/h6-9,12,14,16H,2-5,10-11H2,1H3. The molecule has 0 amide bonds. The van der Waals surface area contributed by atoms with Crippen molar-refractivity contribution in [3.8, 4) is 0 Å². The van der Waals surface area contributed by atoms with E-state index in [2.05, 4.69) is 12.1 Å². The van der Waals surface area contributed by atoms with Crippen LogP contribution < -0.4 is 0 Å². The number of rotatable bonds is 6. The van der Waals surface area contributed by atoms with Gasteiger partial charge < -0.3 is 9.84 Å². The summed E-state index contributed by atoms with van der Waals surface area (Å²) in [4.78, 5) is 1.28. The number of ether oxygens (including phenoxy) is 1. The first kappa shape index (κ1) is 13.9. The van der Waals surface area contributed by atoms with Crippen LogP contribution in [0.1, 0.15) is 44.3 Å². The molecule has 0 bridgehead atoms. The van der Waals surface area contributed by atoms with Crippen molar-refractivity contribution in [1.29, 1.82) is 0 Å². The Bertz CT molecular complexity index is 342. The molecule has 1 aliphatic rings. The molecule has 2 unspecified atom stereocenters. The van der Waals surface area contributed by atoms with E-state index in [4.69, 9.17) is 4.74 Å². The molecule has 1 saturated heterocycles. The fourth-order valence-corrected chi connectivity index (χ4v) is 3.09. The maximum absolute atomic E-state index is 9.43. The number of thioether (sulfide) groups is 1. The summed E-state index contributed by atoms with van der Waals surface area (Å²) in [5.41, 5.74) is 0.985. The highest BCUT2D eigenvalue weighted by Gasteiger charge is 2.14. The zero-order valence-corrected chi connectivity index (χ0v) is 11.8. The third kappa shape index (κ3) is 4.30. The Kier molecular flexibility index (Phi) is 5.54. The Morgan fingerprint density at radius 3 is 2.78 bits per heavy atom. The largest absolute Gasteiger partial charge is 0.389 e. The molecule has 18 heavy (non-hydrogen) atoms. The van der Waals surface area contributed by atoms with E-state index in [9.17, 15) is 5.11 Å². The van der Waals surface area contributed by atoms with Crippen LogP contribution in [0.5, 0.6) is 0 Å². The molecule has 1 N–H and O–H groups in total. The summed E-state index contributed by atoms with van der Waals surface area (Å²) >= 11 is 1.89. The molecule has 0 radical (unpaired) electrons. The van der Waals surface area contributed by atoms with Crippen molar-refractivity contribution in [2.75, 3.05) is 12.4 Å². The fraction of sp³-hybridized carbons (Fsp3) is 0.600. The maximum Gasteiger partial charge on any atom is 0.0761 e. The summed E-state index contributed by atoms with van der Waals surface area (Å²) in [6, 6.07) is 8.21. The zero-order valence-electron chi connectivity index (χ0n) is 11.0. The Balaban J connectivity index is 1.66. The number of aliphatic hydroxyl groups excluding tert-OH is 1. The van der Waals surface area contributed by atoms with Gasteiger partial charge in [-0.2, -0.15) is 0 Å². The topological polar surface area (TPSA) is 29.5 Å². The van der Waals surface area contributed by atoms with Crippen molar-refractivity contribution >= 4 is 11.8 Å². The lowest BCUT2D eigenvalue weighted by Crippen LogP contribution is -2.04. The van der Waals surface area contributed by atoms with Gasteiger partial charge in [-0.3, -0.25) is 0 Å². The Morgan fingerprint density at radius 1 is 1.39 bits per heavy atom. The van der Waals surface area contributed by atoms with E-state index >= 15 is 0 Å².